The Bertz CT molecular complexity index is 990. The van der Waals surface area contributed by atoms with Gasteiger partial charge in [0.2, 0.25) is 0 Å². The molecule has 0 bridgehead atoms. The summed E-state index contributed by atoms with van der Waals surface area (Å²) in [5, 5.41) is 0. The van der Waals surface area contributed by atoms with Crippen molar-refractivity contribution in [2.45, 2.75) is 18.7 Å². The van der Waals surface area contributed by atoms with Gasteiger partial charge in [0, 0.05) is 26.2 Å². The molecule has 0 saturated carbocycles. The second-order valence-corrected chi connectivity index (χ2v) is 8.36. The molecule has 162 valence electrons. The minimum absolute atomic E-state index is 0.114. The molecule has 1 saturated heterocycles. The zero-order valence-corrected chi connectivity index (χ0v) is 17.6. The highest BCUT2D eigenvalue weighted by Crippen LogP contribution is 2.26. The minimum Gasteiger partial charge on any atom is -0.450 e. The number of hydrogen-bond acceptors (Lipinski definition) is 9. The van der Waals surface area contributed by atoms with E-state index in [2.05, 4.69) is 20.2 Å². The van der Waals surface area contributed by atoms with E-state index in [1.807, 2.05) is 11.8 Å². The number of nitrogens with two attached hydrogens (primary N) is 1. The number of piperazine rings is 1. The molecule has 2 heterocycles. The normalized spacial score (nSPS) is 14.5. The molecule has 1 aliphatic heterocycles. The average molecular weight is 436 g/mol. The number of carbonyl (C=O) groups excluding carboxylic acids is 1. The highest BCUT2D eigenvalue weighted by molar-refractivity contribution is 7.89. The standard InChI is InChI=1S/C18H25N7O4S/c1-3-29-18(26)25-10-8-24(9-11-25)17-15(19)16(20-12-21-17)22-23-30(27,28)14-6-4-13(2)5-7-14/h4-7,12,23H,3,8-11,19H2,1-2H3,(H,20,21,22). The summed E-state index contributed by atoms with van der Waals surface area (Å²) >= 11 is 0. The third-order valence-electron chi connectivity index (χ3n) is 4.60. The van der Waals surface area contributed by atoms with E-state index in [4.69, 9.17) is 10.5 Å². The van der Waals surface area contributed by atoms with Crippen LogP contribution < -0.4 is 20.9 Å². The fraction of sp³-hybridized carbons (Fsp3) is 0.389. The van der Waals surface area contributed by atoms with Crippen molar-refractivity contribution in [3.05, 3.63) is 36.2 Å². The number of benzene rings is 1. The molecule has 3 rings (SSSR count). The largest absolute Gasteiger partial charge is 0.450 e. The van der Waals surface area contributed by atoms with E-state index in [0.29, 0.717) is 38.6 Å². The second kappa shape index (κ2) is 9.13. The first-order valence-corrected chi connectivity index (χ1v) is 10.9. The number of ether oxygens (including phenoxy) is 1. The molecule has 0 aliphatic carbocycles. The zero-order chi connectivity index (χ0) is 21.7. The number of sulfonamides is 1. The Kier molecular flexibility index (Phi) is 6.57. The number of hydrazine groups is 1. The summed E-state index contributed by atoms with van der Waals surface area (Å²) in [5.74, 6) is 0.606. The fourth-order valence-corrected chi connectivity index (χ4v) is 3.79. The summed E-state index contributed by atoms with van der Waals surface area (Å²) in [6.07, 6.45) is 0.951. The smallest absolute Gasteiger partial charge is 0.409 e. The van der Waals surface area contributed by atoms with Gasteiger partial charge >= 0.3 is 6.09 Å². The van der Waals surface area contributed by atoms with Crippen molar-refractivity contribution < 1.29 is 17.9 Å². The number of aryl methyl sites for hydroxylation is 1. The molecule has 11 nitrogen and oxygen atoms in total. The first-order valence-electron chi connectivity index (χ1n) is 9.43. The quantitative estimate of drug-likeness (QED) is 0.565. The Morgan fingerprint density at radius 3 is 2.47 bits per heavy atom. The Morgan fingerprint density at radius 1 is 1.17 bits per heavy atom. The summed E-state index contributed by atoms with van der Waals surface area (Å²) in [5.41, 5.74) is 9.90. The van der Waals surface area contributed by atoms with Crippen LogP contribution in [0.2, 0.25) is 0 Å². The fourth-order valence-electron chi connectivity index (χ4n) is 2.95. The third kappa shape index (κ3) is 4.89. The first kappa shape index (κ1) is 21.6. The van der Waals surface area contributed by atoms with Gasteiger partial charge in [0.05, 0.1) is 11.5 Å². The van der Waals surface area contributed by atoms with Gasteiger partial charge in [0.1, 0.15) is 12.0 Å². The molecule has 1 fully saturated rings. The summed E-state index contributed by atoms with van der Waals surface area (Å²) in [4.78, 5) is 26.0. The van der Waals surface area contributed by atoms with Crippen LogP contribution in [-0.2, 0) is 14.8 Å². The molecule has 1 aliphatic rings. The predicted octanol–water partition coefficient (Wildman–Crippen LogP) is 0.951. The van der Waals surface area contributed by atoms with Crippen LogP contribution >= 0.6 is 0 Å². The van der Waals surface area contributed by atoms with Gasteiger partial charge in [-0.05, 0) is 26.0 Å². The van der Waals surface area contributed by atoms with E-state index in [-0.39, 0.29) is 22.5 Å². The van der Waals surface area contributed by atoms with Gasteiger partial charge < -0.3 is 20.3 Å². The maximum Gasteiger partial charge on any atom is 0.409 e. The van der Waals surface area contributed by atoms with Gasteiger partial charge in [-0.3, -0.25) is 5.43 Å². The number of nitrogen functional groups attached to an aromatic ring is 1. The number of carbonyl (C=O) groups is 1. The van der Waals surface area contributed by atoms with Gasteiger partial charge in [0.25, 0.3) is 10.0 Å². The van der Waals surface area contributed by atoms with Gasteiger partial charge in [-0.25, -0.2) is 23.2 Å². The number of nitrogens with one attached hydrogen (secondary N) is 2. The molecule has 0 spiro atoms. The molecular weight excluding hydrogens is 410 g/mol. The molecule has 0 atom stereocenters. The van der Waals surface area contributed by atoms with Crippen molar-refractivity contribution in [1.29, 1.82) is 0 Å². The van der Waals surface area contributed by atoms with Crippen LogP contribution in [0, 0.1) is 6.92 Å². The molecule has 0 unspecified atom stereocenters. The summed E-state index contributed by atoms with van der Waals surface area (Å²) in [6.45, 7) is 5.90. The highest BCUT2D eigenvalue weighted by atomic mass is 32.2. The number of nitrogens with zero attached hydrogens (tertiary/aromatic N) is 4. The summed E-state index contributed by atoms with van der Waals surface area (Å²) in [7, 11) is -3.80. The average Bonchev–Trinajstić information content (AvgIpc) is 2.74. The summed E-state index contributed by atoms with van der Waals surface area (Å²) in [6, 6.07) is 6.44. The Morgan fingerprint density at radius 2 is 1.83 bits per heavy atom. The first-order chi connectivity index (χ1) is 14.3. The number of aromatic nitrogens is 2. The van der Waals surface area contributed by atoms with Crippen molar-refractivity contribution in [3.8, 4) is 0 Å². The van der Waals surface area contributed by atoms with Gasteiger partial charge in [0.15, 0.2) is 11.6 Å². The van der Waals surface area contributed by atoms with Crippen LogP contribution in [0.3, 0.4) is 0 Å². The Hall–Kier alpha value is -3.12. The van der Waals surface area contributed by atoms with E-state index in [1.165, 1.54) is 18.5 Å². The monoisotopic (exact) mass is 435 g/mol. The minimum atomic E-state index is -3.80. The van der Waals surface area contributed by atoms with E-state index < -0.39 is 10.0 Å². The zero-order valence-electron chi connectivity index (χ0n) is 16.8. The lowest BCUT2D eigenvalue weighted by Crippen LogP contribution is -2.49. The van der Waals surface area contributed by atoms with Gasteiger partial charge in [-0.15, -0.1) is 4.83 Å². The van der Waals surface area contributed by atoms with Crippen LogP contribution in [0.25, 0.3) is 0 Å². The third-order valence-corrected chi connectivity index (χ3v) is 5.87. The Labute approximate surface area is 175 Å². The van der Waals surface area contributed by atoms with E-state index in [9.17, 15) is 13.2 Å². The molecule has 1 amide bonds. The molecule has 2 aromatic rings. The van der Waals surface area contributed by atoms with Crippen molar-refractivity contribution >= 4 is 33.4 Å². The van der Waals surface area contributed by atoms with Gasteiger partial charge in [-0.1, -0.05) is 17.7 Å². The van der Waals surface area contributed by atoms with E-state index in [1.54, 1.807) is 24.0 Å². The summed E-state index contributed by atoms with van der Waals surface area (Å²) < 4.78 is 29.9. The van der Waals surface area contributed by atoms with Crippen LogP contribution in [0.15, 0.2) is 35.5 Å². The van der Waals surface area contributed by atoms with Crippen molar-refractivity contribution in [1.82, 2.24) is 19.7 Å². The predicted molar refractivity (Wildman–Crippen MR) is 112 cm³/mol. The Balaban J connectivity index is 1.67. The second-order valence-electron chi connectivity index (χ2n) is 6.68. The lowest BCUT2D eigenvalue weighted by atomic mass is 10.2. The maximum absolute atomic E-state index is 12.5. The van der Waals surface area contributed by atoms with Crippen LogP contribution in [-0.4, -0.2) is 62.2 Å². The highest BCUT2D eigenvalue weighted by Gasteiger charge is 2.25. The number of amides is 1. The molecule has 30 heavy (non-hydrogen) atoms. The SMILES string of the molecule is CCOC(=O)N1CCN(c2ncnc(NNS(=O)(=O)c3ccc(C)cc3)c2N)CC1. The lowest BCUT2D eigenvalue weighted by Gasteiger charge is -2.35. The topological polar surface area (TPSA) is 143 Å². The molecule has 1 aromatic carbocycles. The molecular formula is C18H25N7O4S. The van der Waals surface area contributed by atoms with Crippen molar-refractivity contribution in [2.24, 2.45) is 0 Å². The number of rotatable bonds is 6. The van der Waals surface area contributed by atoms with Crippen LogP contribution in [0.5, 0.6) is 0 Å². The number of anilines is 3. The maximum atomic E-state index is 12.5. The molecule has 12 heteroatoms. The lowest BCUT2D eigenvalue weighted by molar-refractivity contribution is 0.105. The van der Waals surface area contributed by atoms with Crippen LogP contribution in [0.1, 0.15) is 12.5 Å². The van der Waals surface area contributed by atoms with E-state index >= 15 is 0 Å². The molecule has 1 aromatic heterocycles. The molecule has 0 radical (unpaired) electrons. The van der Waals surface area contributed by atoms with E-state index in [0.717, 1.165) is 5.56 Å². The van der Waals surface area contributed by atoms with Crippen molar-refractivity contribution in [2.75, 3.05) is 48.8 Å². The molecule has 4 N–H and O–H groups in total. The van der Waals surface area contributed by atoms with Crippen LogP contribution in [0.4, 0.5) is 22.1 Å². The van der Waals surface area contributed by atoms with Crippen molar-refractivity contribution in [3.63, 3.8) is 0 Å². The van der Waals surface area contributed by atoms with Gasteiger partial charge in [-0.2, -0.15) is 0 Å². The number of hydrogen-bond donors (Lipinski definition) is 3.